The first-order chi connectivity index (χ1) is 12.6. The predicted molar refractivity (Wildman–Crippen MR) is 91.1 cm³/mol. The van der Waals surface area contributed by atoms with Crippen molar-refractivity contribution in [2.75, 3.05) is 7.05 Å². The minimum atomic E-state index is -0.305. The van der Waals surface area contributed by atoms with E-state index in [1.165, 1.54) is 17.0 Å². The second-order valence-corrected chi connectivity index (χ2v) is 5.82. The van der Waals surface area contributed by atoms with E-state index in [1.54, 1.807) is 54.6 Å². The van der Waals surface area contributed by atoms with E-state index in [2.05, 4.69) is 15.2 Å². The van der Waals surface area contributed by atoms with E-state index in [0.29, 0.717) is 17.6 Å². The number of carbonyl (C=O) groups is 1. The molecule has 4 aromatic rings. The normalized spacial score (nSPS) is 11.0. The van der Waals surface area contributed by atoms with Gasteiger partial charge in [-0.15, -0.1) is 0 Å². The average Bonchev–Trinajstić information content (AvgIpc) is 3.29. The lowest BCUT2D eigenvalue weighted by molar-refractivity contribution is 0.0746. The second-order valence-electron chi connectivity index (χ2n) is 5.82. The van der Waals surface area contributed by atoms with Gasteiger partial charge in [0.1, 0.15) is 5.82 Å². The van der Waals surface area contributed by atoms with Crippen molar-refractivity contribution >= 4 is 16.9 Å². The summed E-state index contributed by atoms with van der Waals surface area (Å²) < 4.78 is 19.8. The summed E-state index contributed by atoms with van der Waals surface area (Å²) in [7, 11) is 1.67. The summed E-state index contributed by atoms with van der Waals surface area (Å²) in [6.07, 6.45) is 5.04. The molecule has 7 nitrogen and oxygen atoms in total. The summed E-state index contributed by atoms with van der Waals surface area (Å²) >= 11 is 0. The number of nitrogens with zero attached hydrogens (tertiary/aromatic N) is 5. The molecule has 0 saturated heterocycles. The quantitative estimate of drug-likeness (QED) is 0.565. The van der Waals surface area contributed by atoms with E-state index in [1.807, 2.05) is 0 Å². The third-order valence-corrected chi connectivity index (χ3v) is 3.94. The lowest BCUT2D eigenvalue weighted by Crippen LogP contribution is -2.25. The molecule has 0 spiro atoms. The maximum absolute atomic E-state index is 13.0. The van der Waals surface area contributed by atoms with Crippen LogP contribution in [0, 0.1) is 5.82 Å². The molecule has 0 unspecified atom stereocenters. The van der Waals surface area contributed by atoms with Gasteiger partial charge in [-0.2, -0.15) is 5.10 Å². The Morgan fingerprint density at radius 2 is 2.08 bits per heavy atom. The Kier molecular flexibility index (Phi) is 3.92. The highest BCUT2D eigenvalue weighted by atomic mass is 19.1. The fourth-order valence-electron chi connectivity index (χ4n) is 2.64. The lowest BCUT2D eigenvalue weighted by Gasteiger charge is -2.14. The number of rotatable bonds is 4. The van der Waals surface area contributed by atoms with Gasteiger partial charge in [0.2, 0.25) is 11.4 Å². The third-order valence-electron chi connectivity index (χ3n) is 3.94. The minimum absolute atomic E-state index is 0.154. The van der Waals surface area contributed by atoms with Crippen LogP contribution in [-0.2, 0) is 6.54 Å². The van der Waals surface area contributed by atoms with E-state index >= 15 is 0 Å². The van der Waals surface area contributed by atoms with Crippen LogP contribution in [0.3, 0.4) is 0 Å². The van der Waals surface area contributed by atoms with Crippen LogP contribution in [-0.4, -0.2) is 37.8 Å². The maximum atomic E-state index is 13.0. The molecular formula is C18H14FN5O2. The first-order valence-electron chi connectivity index (χ1n) is 7.87. The first kappa shape index (κ1) is 15.9. The number of benzene rings is 1. The molecule has 0 aliphatic carbocycles. The Labute approximate surface area is 147 Å². The van der Waals surface area contributed by atoms with Crippen molar-refractivity contribution in [2.24, 2.45) is 0 Å². The summed E-state index contributed by atoms with van der Waals surface area (Å²) in [5.74, 6) is -0.447. The molecule has 26 heavy (non-hydrogen) atoms. The van der Waals surface area contributed by atoms with Crippen molar-refractivity contribution in [1.82, 2.24) is 24.8 Å². The number of halogens is 1. The highest BCUT2D eigenvalue weighted by Crippen LogP contribution is 2.18. The molecule has 1 aromatic carbocycles. The van der Waals surface area contributed by atoms with Gasteiger partial charge < -0.3 is 9.42 Å². The molecule has 3 aromatic heterocycles. The van der Waals surface area contributed by atoms with Crippen molar-refractivity contribution in [3.8, 4) is 5.69 Å². The van der Waals surface area contributed by atoms with Crippen molar-refractivity contribution in [2.45, 2.75) is 6.54 Å². The Balaban J connectivity index is 1.52. The van der Waals surface area contributed by atoms with Crippen LogP contribution < -0.4 is 0 Å². The summed E-state index contributed by atoms with van der Waals surface area (Å²) in [6.45, 7) is 0.336. The van der Waals surface area contributed by atoms with Crippen LogP contribution in [0.25, 0.3) is 16.7 Å². The van der Waals surface area contributed by atoms with Crippen LogP contribution in [0.2, 0.25) is 0 Å². The first-order valence-corrected chi connectivity index (χ1v) is 7.87. The van der Waals surface area contributed by atoms with Gasteiger partial charge in [-0.1, -0.05) is 5.16 Å². The van der Waals surface area contributed by atoms with Gasteiger partial charge in [0.25, 0.3) is 5.91 Å². The third kappa shape index (κ3) is 2.92. The summed E-state index contributed by atoms with van der Waals surface area (Å²) in [6, 6.07) is 9.48. The maximum Gasteiger partial charge on any atom is 0.293 e. The SMILES string of the molecule is CN(Cc1cnn(-c2ccc(F)cc2)c1)C(=O)c1onc2ncccc12. The van der Waals surface area contributed by atoms with Crippen LogP contribution >= 0.6 is 0 Å². The van der Waals surface area contributed by atoms with Gasteiger partial charge in [-0.3, -0.25) is 4.79 Å². The molecular weight excluding hydrogens is 337 g/mol. The van der Waals surface area contributed by atoms with E-state index in [0.717, 1.165) is 11.3 Å². The highest BCUT2D eigenvalue weighted by molar-refractivity contribution is 6.02. The summed E-state index contributed by atoms with van der Waals surface area (Å²) in [4.78, 5) is 18.2. The molecule has 1 amide bonds. The van der Waals surface area contributed by atoms with Gasteiger partial charge >= 0.3 is 0 Å². The average molecular weight is 351 g/mol. The van der Waals surface area contributed by atoms with Crippen LogP contribution in [0.4, 0.5) is 4.39 Å². The van der Waals surface area contributed by atoms with E-state index in [-0.39, 0.29) is 17.5 Å². The van der Waals surface area contributed by atoms with E-state index < -0.39 is 0 Å². The van der Waals surface area contributed by atoms with Gasteiger partial charge in [0, 0.05) is 31.5 Å². The smallest absolute Gasteiger partial charge is 0.293 e. The van der Waals surface area contributed by atoms with Crippen LogP contribution in [0.1, 0.15) is 16.1 Å². The van der Waals surface area contributed by atoms with E-state index in [9.17, 15) is 9.18 Å². The molecule has 0 fully saturated rings. The second kappa shape index (κ2) is 6.40. The monoisotopic (exact) mass is 351 g/mol. The highest BCUT2D eigenvalue weighted by Gasteiger charge is 2.21. The number of pyridine rings is 1. The molecule has 3 heterocycles. The standard InChI is InChI=1S/C18H14FN5O2/c1-23(18(25)16-15-3-2-8-20-17(15)22-26-16)10-12-9-21-24(11-12)14-6-4-13(19)5-7-14/h2-9,11H,10H2,1H3. The Bertz CT molecular complexity index is 1070. The number of aromatic nitrogens is 4. The zero-order chi connectivity index (χ0) is 18.1. The molecule has 0 atom stereocenters. The zero-order valence-corrected chi connectivity index (χ0v) is 13.8. The molecule has 0 bridgehead atoms. The fraction of sp³-hybridized carbons (Fsp3) is 0.111. The largest absolute Gasteiger partial charge is 0.348 e. The van der Waals surface area contributed by atoms with Crippen molar-refractivity contribution < 1.29 is 13.7 Å². The molecule has 0 N–H and O–H groups in total. The predicted octanol–water partition coefficient (Wildman–Crippen LogP) is 2.82. The Hall–Kier alpha value is -3.55. The molecule has 0 aliphatic rings. The number of hydrogen-bond acceptors (Lipinski definition) is 5. The Morgan fingerprint density at radius 3 is 2.88 bits per heavy atom. The number of fused-ring (bicyclic) bond motifs is 1. The summed E-state index contributed by atoms with van der Waals surface area (Å²) in [5.41, 5.74) is 1.96. The topological polar surface area (TPSA) is 77.0 Å². The lowest BCUT2D eigenvalue weighted by atomic mass is 10.2. The number of amides is 1. The number of hydrogen-bond donors (Lipinski definition) is 0. The van der Waals surface area contributed by atoms with Crippen molar-refractivity contribution in [3.05, 3.63) is 72.1 Å². The molecule has 4 rings (SSSR count). The van der Waals surface area contributed by atoms with Crippen LogP contribution in [0.5, 0.6) is 0 Å². The Morgan fingerprint density at radius 1 is 1.27 bits per heavy atom. The fourth-order valence-corrected chi connectivity index (χ4v) is 2.64. The van der Waals surface area contributed by atoms with Crippen LogP contribution in [0.15, 0.2) is 59.5 Å². The molecule has 130 valence electrons. The summed E-state index contributed by atoms with van der Waals surface area (Å²) in [5, 5.41) is 8.63. The van der Waals surface area contributed by atoms with Gasteiger partial charge in [-0.05, 0) is 36.4 Å². The molecule has 0 radical (unpaired) electrons. The van der Waals surface area contributed by atoms with Crippen molar-refractivity contribution in [1.29, 1.82) is 0 Å². The minimum Gasteiger partial charge on any atom is -0.348 e. The molecule has 8 heteroatoms. The molecule has 0 aliphatic heterocycles. The van der Waals surface area contributed by atoms with Crippen molar-refractivity contribution in [3.63, 3.8) is 0 Å². The van der Waals surface area contributed by atoms with E-state index in [4.69, 9.17) is 4.52 Å². The van der Waals surface area contributed by atoms with Gasteiger partial charge in [0.05, 0.1) is 17.3 Å². The zero-order valence-electron chi connectivity index (χ0n) is 13.8. The van der Waals surface area contributed by atoms with Gasteiger partial charge in [0.15, 0.2) is 0 Å². The van der Waals surface area contributed by atoms with Gasteiger partial charge in [-0.25, -0.2) is 14.1 Å². The number of carbonyl (C=O) groups excluding carboxylic acids is 1. The molecule has 0 saturated carbocycles.